The van der Waals surface area contributed by atoms with Crippen LogP contribution in [0.1, 0.15) is 64.7 Å². The molecule has 5 heteroatoms. The Morgan fingerprint density at radius 1 is 1.27 bits per heavy atom. The predicted molar refractivity (Wildman–Crippen MR) is 101 cm³/mol. The summed E-state index contributed by atoms with van der Waals surface area (Å²) >= 11 is 0. The van der Waals surface area contributed by atoms with Gasteiger partial charge in [-0.1, -0.05) is 50.5 Å². The molecular weight excluding hydrogens is 332 g/mol. The number of ether oxygens (including phenoxy) is 2. The van der Waals surface area contributed by atoms with Gasteiger partial charge in [-0.2, -0.15) is 0 Å². The van der Waals surface area contributed by atoms with E-state index < -0.39 is 5.97 Å². The van der Waals surface area contributed by atoms with Gasteiger partial charge in [-0.25, -0.2) is 0 Å². The van der Waals surface area contributed by atoms with Gasteiger partial charge in [-0.3, -0.25) is 4.79 Å². The highest BCUT2D eigenvalue weighted by molar-refractivity contribution is 5.66. The van der Waals surface area contributed by atoms with Crippen LogP contribution in [0.4, 0.5) is 0 Å². The summed E-state index contributed by atoms with van der Waals surface area (Å²) in [6.07, 6.45) is 15.6. The molecule has 26 heavy (non-hydrogen) atoms. The first-order valence-electron chi connectivity index (χ1n) is 10.1. The highest BCUT2D eigenvalue weighted by atomic mass is 16.7. The average molecular weight is 366 g/mol. The van der Waals surface area contributed by atoms with Gasteiger partial charge in [-0.05, 0) is 37.5 Å². The van der Waals surface area contributed by atoms with Crippen LogP contribution in [-0.2, 0) is 14.3 Å². The lowest BCUT2D eigenvalue weighted by Gasteiger charge is -2.33. The summed E-state index contributed by atoms with van der Waals surface area (Å²) in [4.78, 5) is 10.5. The molecule has 2 bridgehead atoms. The first kappa shape index (κ1) is 21.1. The monoisotopic (exact) mass is 366 g/mol. The largest absolute Gasteiger partial charge is 0.481 e. The number of aliphatic hydroxyl groups excluding tert-OH is 1. The third-order valence-electron chi connectivity index (χ3n) is 5.29. The van der Waals surface area contributed by atoms with Gasteiger partial charge in [-0.15, -0.1) is 0 Å². The number of hydrogen-bond donors (Lipinski definition) is 2. The van der Waals surface area contributed by atoms with E-state index in [9.17, 15) is 9.90 Å². The van der Waals surface area contributed by atoms with Gasteiger partial charge < -0.3 is 19.7 Å². The fourth-order valence-electron chi connectivity index (χ4n) is 3.76. The molecule has 0 aromatic heterocycles. The van der Waals surface area contributed by atoms with Gasteiger partial charge >= 0.3 is 5.97 Å². The second-order valence-corrected chi connectivity index (χ2v) is 7.44. The molecule has 0 aromatic carbocycles. The Morgan fingerprint density at radius 2 is 2.12 bits per heavy atom. The Morgan fingerprint density at radius 3 is 2.88 bits per heavy atom. The summed E-state index contributed by atoms with van der Waals surface area (Å²) in [5.74, 6) is -0.0368. The summed E-state index contributed by atoms with van der Waals surface area (Å²) in [5.41, 5.74) is 0. The number of aliphatic hydroxyl groups is 1. The molecule has 2 aliphatic rings. The molecule has 2 heterocycles. The maximum absolute atomic E-state index is 10.5. The number of allylic oxidation sites excluding steroid dienone is 3. The van der Waals surface area contributed by atoms with E-state index in [0.717, 1.165) is 44.9 Å². The lowest BCUT2D eigenvalue weighted by molar-refractivity contribution is -0.137. The average Bonchev–Trinajstić information content (AvgIpc) is 3.00. The van der Waals surface area contributed by atoms with Crippen LogP contribution < -0.4 is 0 Å². The second kappa shape index (κ2) is 11.5. The second-order valence-electron chi connectivity index (χ2n) is 7.44. The van der Waals surface area contributed by atoms with Crippen molar-refractivity contribution in [2.24, 2.45) is 11.8 Å². The zero-order valence-corrected chi connectivity index (χ0v) is 15.9. The Hall–Kier alpha value is -1.17. The van der Waals surface area contributed by atoms with E-state index in [-0.39, 0.29) is 24.9 Å². The standard InChI is InChI=1S/C21H34O5/c1-2-3-6-9-17(22)13-12-16-14-21-25-15-19(26-21)18(16)10-7-4-5-8-11-20(23)24/h4,7,12-13,16-19,21-22H,2-3,5-6,8-11,14-15H2,1H3,(H,23,24)/b7-4-,13-12+/t16?,17-,18-,19+,21+/m1/s1. The fourth-order valence-corrected chi connectivity index (χ4v) is 3.76. The van der Waals surface area contributed by atoms with E-state index in [2.05, 4.69) is 25.2 Å². The minimum absolute atomic E-state index is 0.109. The van der Waals surface area contributed by atoms with Crippen LogP contribution in [0.3, 0.4) is 0 Å². The van der Waals surface area contributed by atoms with Gasteiger partial charge in [0, 0.05) is 12.8 Å². The normalized spacial score (nSPS) is 29.6. The Labute approximate surface area is 157 Å². The highest BCUT2D eigenvalue weighted by Crippen LogP contribution is 2.39. The number of hydrogen-bond acceptors (Lipinski definition) is 4. The van der Waals surface area contributed by atoms with Gasteiger partial charge in [0.15, 0.2) is 6.29 Å². The maximum atomic E-state index is 10.5. The van der Waals surface area contributed by atoms with Crippen molar-refractivity contribution in [3.8, 4) is 0 Å². The molecule has 2 N–H and O–H groups in total. The molecule has 5 atom stereocenters. The molecule has 2 saturated heterocycles. The number of aliphatic carboxylic acids is 1. The zero-order chi connectivity index (χ0) is 18.8. The van der Waals surface area contributed by atoms with Crippen molar-refractivity contribution in [2.45, 2.75) is 83.2 Å². The van der Waals surface area contributed by atoms with Crippen LogP contribution in [0.5, 0.6) is 0 Å². The van der Waals surface area contributed by atoms with Gasteiger partial charge in [0.1, 0.15) is 0 Å². The van der Waals surface area contributed by atoms with Crippen molar-refractivity contribution >= 4 is 5.97 Å². The minimum Gasteiger partial charge on any atom is -0.481 e. The number of carboxylic acids is 1. The van der Waals surface area contributed by atoms with E-state index in [1.165, 1.54) is 0 Å². The summed E-state index contributed by atoms with van der Waals surface area (Å²) in [7, 11) is 0. The van der Waals surface area contributed by atoms with E-state index in [0.29, 0.717) is 24.9 Å². The quantitative estimate of drug-likeness (QED) is 0.402. The smallest absolute Gasteiger partial charge is 0.303 e. The van der Waals surface area contributed by atoms with E-state index in [4.69, 9.17) is 14.6 Å². The third kappa shape index (κ3) is 7.22. The first-order chi connectivity index (χ1) is 12.6. The molecule has 0 aromatic rings. The van der Waals surface area contributed by atoms with Gasteiger partial charge in [0.2, 0.25) is 0 Å². The number of unbranched alkanes of at least 4 members (excludes halogenated alkanes) is 3. The number of fused-ring (bicyclic) bond motifs is 2. The van der Waals surface area contributed by atoms with E-state index in [1.807, 2.05) is 6.08 Å². The Balaban J connectivity index is 1.82. The fraction of sp³-hybridized carbons (Fsp3) is 0.762. The molecular formula is C21H34O5. The van der Waals surface area contributed by atoms with Gasteiger partial charge in [0.05, 0.1) is 18.8 Å². The van der Waals surface area contributed by atoms with Crippen molar-refractivity contribution in [2.75, 3.05) is 6.61 Å². The van der Waals surface area contributed by atoms with Gasteiger partial charge in [0.25, 0.3) is 0 Å². The van der Waals surface area contributed by atoms with Crippen LogP contribution in [0.25, 0.3) is 0 Å². The summed E-state index contributed by atoms with van der Waals surface area (Å²) < 4.78 is 11.6. The number of carbonyl (C=O) groups is 1. The summed E-state index contributed by atoms with van der Waals surface area (Å²) in [6, 6.07) is 0. The molecule has 0 amide bonds. The summed E-state index contributed by atoms with van der Waals surface area (Å²) in [5, 5.41) is 18.8. The molecule has 2 aliphatic heterocycles. The highest BCUT2D eigenvalue weighted by Gasteiger charge is 2.42. The van der Waals surface area contributed by atoms with Crippen molar-refractivity contribution in [1.29, 1.82) is 0 Å². The molecule has 148 valence electrons. The number of carboxylic acid groups (broad SMARTS) is 1. The third-order valence-corrected chi connectivity index (χ3v) is 5.29. The lowest BCUT2D eigenvalue weighted by Crippen LogP contribution is -2.35. The van der Waals surface area contributed by atoms with Crippen LogP contribution in [0.15, 0.2) is 24.3 Å². The van der Waals surface area contributed by atoms with Crippen molar-refractivity contribution in [3.05, 3.63) is 24.3 Å². The summed E-state index contributed by atoms with van der Waals surface area (Å²) in [6.45, 7) is 2.81. The Bertz CT molecular complexity index is 473. The molecule has 0 saturated carbocycles. The molecule has 0 spiro atoms. The van der Waals surface area contributed by atoms with Crippen molar-refractivity contribution < 1.29 is 24.5 Å². The molecule has 2 fully saturated rings. The molecule has 5 nitrogen and oxygen atoms in total. The Kier molecular flexibility index (Phi) is 9.37. The maximum Gasteiger partial charge on any atom is 0.303 e. The van der Waals surface area contributed by atoms with E-state index >= 15 is 0 Å². The number of rotatable bonds is 12. The topological polar surface area (TPSA) is 76.0 Å². The predicted octanol–water partition coefficient (Wildman–Crippen LogP) is 4.06. The zero-order valence-electron chi connectivity index (χ0n) is 15.9. The SMILES string of the molecule is CCCCC[C@@H](O)/C=C/C1C[C@H]2OC[C@H](O2)[C@@H]1C/C=C\CCCC(=O)O. The first-order valence-corrected chi connectivity index (χ1v) is 10.1. The van der Waals surface area contributed by atoms with Crippen molar-refractivity contribution in [1.82, 2.24) is 0 Å². The van der Waals surface area contributed by atoms with Crippen LogP contribution in [-0.4, -0.2) is 41.3 Å². The molecule has 0 radical (unpaired) electrons. The molecule has 2 rings (SSSR count). The molecule has 1 unspecified atom stereocenters. The lowest BCUT2D eigenvalue weighted by atomic mass is 9.81. The minimum atomic E-state index is -0.740. The molecule has 0 aliphatic carbocycles. The van der Waals surface area contributed by atoms with Crippen LogP contribution in [0.2, 0.25) is 0 Å². The van der Waals surface area contributed by atoms with Crippen LogP contribution in [0, 0.1) is 11.8 Å². The van der Waals surface area contributed by atoms with Crippen molar-refractivity contribution in [3.63, 3.8) is 0 Å². The van der Waals surface area contributed by atoms with E-state index in [1.54, 1.807) is 0 Å². The van der Waals surface area contributed by atoms with Crippen LogP contribution >= 0.6 is 0 Å².